The maximum Gasteiger partial charge on any atom is 0.357 e. The molecule has 132 valence electrons. The number of ether oxygens (including phenoxy) is 1. The molecule has 0 saturated carbocycles. The molecule has 2 aromatic rings. The highest BCUT2D eigenvalue weighted by Crippen LogP contribution is 2.33. The van der Waals surface area contributed by atoms with Gasteiger partial charge in [0.2, 0.25) is 0 Å². The first-order valence-electron chi connectivity index (χ1n) is 8.64. The monoisotopic (exact) mass is 341 g/mol. The molecule has 1 heterocycles. The number of aromatic nitrogens is 2. The molecule has 0 N–H and O–H groups in total. The molecule has 1 aliphatic carbocycles. The van der Waals surface area contributed by atoms with Gasteiger partial charge in [-0.25, -0.2) is 4.79 Å². The Kier molecular flexibility index (Phi) is 5.16. The summed E-state index contributed by atoms with van der Waals surface area (Å²) < 4.78 is 6.75. The summed E-state index contributed by atoms with van der Waals surface area (Å²) in [6, 6.07) is 9.86. The van der Waals surface area contributed by atoms with E-state index in [1.165, 1.54) is 11.1 Å². The molecule has 1 atom stereocenters. The number of nitrogens with zero attached hydrogens (tertiary/aromatic N) is 3. The fraction of sp³-hybridized carbons (Fsp3) is 0.421. The fourth-order valence-corrected chi connectivity index (χ4v) is 3.37. The van der Waals surface area contributed by atoms with Crippen molar-refractivity contribution >= 4 is 11.9 Å². The van der Waals surface area contributed by atoms with Crippen LogP contribution in [0.2, 0.25) is 0 Å². The molecule has 3 rings (SSSR count). The Balaban J connectivity index is 1.63. The van der Waals surface area contributed by atoms with Crippen LogP contribution >= 0.6 is 0 Å². The van der Waals surface area contributed by atoms with Crippen LogP contribution in [0.1, 0.15) is 47.4 Å². The molecule has 0 bridgehead atoms. The summed E-state index contributed by atoms with van der Waals surface area (Å²) in [7, 11) is 1.78. The van der Waals surface area contributed by atoms with Gasteiger partial charge in [-0.2, -0.15) is 5.10 Å². The Labute approximate surface area is 147 Å². The third-order valence-corrected chi connectivity index (χ3v) is 4.75. The Morgan fingerprint density at radius 3 is 2.92 bits per heavy atom. The van der Waals surface area contributed by atoms with Gasteiger partial charge in [-0.15, -0.1) is 0 Å². The highest BCUT2D eigenvalue weighted by molar-refractivity contribution is 5.89. The average Bonchev–Trinajstić information content (AvgIpc) is 3.13. The molecule has 1 amide bonds. The number of aryl methyl sites for hydroxylation is 2. The SMILES string of the molecule is CCn1nccc1C(=O)OCC(=O)N(C)C1CCCc2ccccc21. The summed E-state index contributed by atoms with van der Waals surface area (Å²) in [5.41, 5.74) is 2.85. The molecular formula is C19H23N3O3. The van der Waals surface area contributed by atoms with Crippen molar-refractivity contribution in [1.29, 1.82) is 0 Å². The molecule has 0 radical (unpaired) electrons. The van der Waals surface area contributed by atoms with Gasteiger partial charge in [-0.1, -0.05) is 24.3 Å². The van der Waals surface area contributed by atoms with E-state index in [-0.39, 0.29) is 18.6 Å². The predicted octanol–water partition coefficient (Wildman–Crippen LogP) is 2.60. The molecule has 0 saturated heterocycles. The van der Waals surface area contributed by atoms with Crippen LogP contribution in [0.3, 0.4) is 0 Å². The second kappa shape index (κ2) is 7.51. The Morgan fingerprint density at radius 1 is 1.32 bits per heavy atom. The first-order chi connectivity index (χ1) is 12.1. The number of amides is 1. The summed E-state index contributed by atoms with van der Waals surface area (Å²) in [5.74, 6) is -0.720. The zero-order chi connectivity index (χ0) is 17.8. The molecule has 0 fully saturated rings. The van der Waals surface area contributed by atoms with E-state index in [1.807, 2.05) is 19.1 Å². The van der Waals surface area contributed by atoms with E-state index < -0.39 is 5.97 Å². The van der Waals surface area contributed by atoms with E-state index in [4.69, 9.17) is 4.74 Å². The lowest BCUT2D eigenvalue weighted by molar-refractivity contribution is -0.135. The topological polar surface area (TPSA) is 64.4 Å². The smallest absolute Gasteiger partial charge is 0.357 e. The van der Waals surface area contributed by atoms with E-state index in [9.17, 15) is 9.59 Å². The lowest BCUT2D eigenvalue weighted by Gasteiger charge is -2.33. The van der Waals surface area contributed by atoms with Crippen LogP contribution in [0.5, 0.6) is 0 Å². The van der Waals surface area contributed by atoms with Gasteiger partial charge in [-0.3, -0.25) is 9.48 Å². The van der Waals surface area contributed by atoms with Crippen molar-refractivity contribution in [3.63, 3.8) is 0 Å². The van der Waals surface area contributed by atoms with Crippen molar-refractivity contribution in [1.82, 2.24) is 14.7 Å². The van der Waals surface area contributed by atoms with E-state index in [2.05, 4.69) is 17.2 Å². The van der Waals surface area contributed by atoms with Crippen LogP contribution in [0.15, 0.2) is 36.5 Å². The molecule has 6 nitrogen and oxygen atoms in total. The van der Waals surface area contributed by atoms with Crippen LogP contribution in [0.4, 0.5) is 0 Å². The Morgan fingerprint density at radius 2 is 2.12 bits per heavy atom. The summed E-state index contributed by atoms with van der Waals surface area (Å²) >= 11 is 0. The number of esters is 1. The summed E-state index contributed by atoms with van der Waals surface area (Å²) in [5, 5.41) is 4.04. The standard InChI is InChI=1S/C19H23N3O3/c1-3-22-17(11-12-20-22)19(24)25-13-18(23)21(2)16-10-6-8-14-7-4-5-9-15(14)16/h4-5,7,9,11-12,16H,3,6,8,10,13H2,1-2H3. The summed E-state index contributed by atoms with van der Waals surface area (Å²) in [6.07, 6.45) is 4.57. The highest BCUT2D eigenvalue weighted by Gasteiger charge is 2.27. The number of carbonyl (C=O) groups excluding carboxylic acids is 2. The van der Waals surface area contributed by atoms with Crippen LogP contribution < -0.4 is 0 Å². The quantitative estimate of drug-likeness (QED) is 0.784. The normalized spacial score (nSPS) is 16.2. The number of hydrogen-bond donors (Lipinski definition) is 0. The van der Waals surface area contributed by atoms with Gasteiger partial charge in [0.05, 0.1) is 6.04 Å². The largest absolute Gasteiger partial charge is 0.451 e. The van der Waals surface area contributed by atoms with Crippen molar-refractivity contribution in [2.75, 3.05) is 13.7 Å². The van der Waals surface area contributed by atoms with E-state index in [0.717, 1.165) is 19.3 Å². The zero-order valence-corrected chi connectivity index (χ0v) is 14.6. The van der Waals surface area contributed by atoms with Gasteiger partial charge in [0.15, 0.2) is 6.61 Å². The van der Waals surface area contributed by atoms with Crippen molar-refractivity contribution in [3.05, 3.63) is 53.3 Å². The molecule has 1 aromatic carbocycles. The molecule has 25 heavy (non-hydrogen) atoms. The summed E-state index contributed by atoms with van der Waals surface area (Å²) in [6.45, 7) is 2.20. The number of hydrogen-bond acceptors (Lipinski definition) is 4. The highest BCUT2D eigenvalue weighted by atomic mass is 16.5. The Bertz CT molecular complexity index is 769. The molecule has 6 heteroatoms. The first kappa shape index (κ1) is 17.2. The second-order valence-electron chi connectivity index (χ2n) is 6.22. The molecule has 1 aliphatic rings. The lowest BCUT2D eigenvalue weighted by atomic mass is 9.87. The number of fused-ring (bicyclic) bond motifs is 1. The van der Waals surface area contributed by atoms with Gasteiger partial charge in [0, 0.05) is 19.8 Å². The van der Waals surface area contributed by atoms with Crippen LogP contribution in [-0.2, 0) is 22.5 Å². The minimum atomic E-state index is -0.523. The number of likely N-dealkylation sites (N-methyl/N-ethyl adjacent to an activating group) is 1. The van der Waals surface area contributed by atoms with Gasteiger partial charge in [0.25, 0.3) is 5.91 Å². The van der Waals surface area contributed by atoms with E-state index >= 15 is 0 Å². The van der Waals surface area contributed by atoms with Gasteiger partial charge >= 0.3 is 5.97 Å². The van der Waals surface area contributed by atoms with Crippen LogP contribution in [-0.4, -0.2) is 40.2 Å². The predicted molar refractivity (Wildman–Crippen MR) is 93.1 cm³/mol. The maximum absolute atomic E-state index is 12.5. The second-order valence-corrected chi connectivity index (χ2v) is 6.22. The maximum atomic E-state index is 12.5. The molecule has 1 unspecified atom stereocenters. The van der Waals surface area contributed by atoms with Crippen molar-refractivity contribution < 1.29 is 14.3 Å². The average molecular weight is 341 g/mol. The van der Waals surface area contributed by atoms with Crippen molar-refractivity contribution in [2.45, 2.75) is 38.8 Å². The van der Waals surface area contributed by atoms with Crippen LogP contribution in [0.25, 0.3) is 0 Å². The number of carbonyl (C=O) groups is 2. The van der Waals surface area contributed by atoms with Crippen molar-refractivity contribution in [2.24, 2.45) is 0 Å². The molecule has 1 aromatic heterocycles. The summed E-state index contributed by atoms with van der Waals surface area (Å²) in [4.78, 5) is 26.3. The minimum absolute atomic E-state index is 0.0392. The molecular weight excluding hydrogens is 318 g/mol. The number of benzene rings is 1. The molecule has 0 spiro atoms. The zero-order valence-electron chi connectivity index (χ0n) is 14.6. The number of rotatable bonds is 5. The minimum Gasteiger partial charge on any atom is -0.451 e. The van der Waals surface area contributed by atoms with E-state index in [1.54, 1.807) is 28.9 Å². The lowest BCUT2D eigenvalue weighted by Crippen LogP contribution is -2.36. The van der Waals surface area contributed by atoms with Gasteiger partial charge in [-0.05, 0) is 43.4 Å². The van der Waals surface area contributed by atoms with Crippen LogP contribution in [0, 0.1) is 0 Å². The molecule has 0 aliphatic heterocycles. The van der Waals surface area contributed by atoms with Gasteiger partial charge < -0.3 is 9.64 Å². The fourth-order valence-electron chi connectivity index (χ4n) is 3.37. The van der Waals surface area contributed by atoms with E-state index in [0.29, 0.717) is 12.2 Å². The third-order valence-electron chi connectivity index (χ3n) is 4.75. The third kappa shape index (κ3) is 3.57. The first-order valence-corrected chi connectivity index (χ1v) is 8.64. The van der Waals surface area contributed by atoms with Crippen molar-refractivity contribution in [3.8, 4) is 0 Å². The van der Waals surface area contributed by atoms with Gasteiger partial charge in [0.1, 0.15) is 5.69 Å². The Hall–Kier alpha value is -2.63.